The third-order valence-electron chi connectivity index (χ3n) is 2.47. The Balaban J connectivity index is 3.25. The van der Waals surface area contributed by atoms with Gasteiger partial charge in [0.1, 0.15) is 11.8 Å². The second-order valence-electron chi connectivity index (χ2n) is 3.84. The Hall–Kier alpha value is -1.24. The minimum atomic E-state index is -0.289. The number of ether oxygens (including phenoxy) is 1. The highest BCUT2D eigenvalue weighted by atomic mass is 35.5. The molecular weight excluding hydrogens is 224 g/mol. The van der Waals surface area contributed by atoms with E-state index in [-0.39, 0.29) is 6.04 Å². The van der Waals surface area contributed by atoms with Crippen molar-refractivity contribution in [2.24, 2.45) is 0 Å². The third kappa shape index (κ3) is 2.46. The fourth-order valence-electron chi connectivity index (χ4n) is 1.58. The van der Waals surface area contributed by atoms with Crippen molar-refractivity contribution in [3.8, 4) is 11.8 Å². The molecule has 0 saturated carbocycles. The predicted molar refractivity (Wildman–Crippen MR) is 64.8 cm³/mol. The lowest BCUT2D eigenvalue weighted by atomic mass is 10.0. The van der Waals surface area contributed by atoms with Gasteiger partial charge in [-0.3, -0.25) is 4.90 Å². The molecule has 0 aliphatic rings. The van der Waals surface area contributed by atoms with Gasteiger partial charge in [0.05, 0.1) is 18.2 Å². The van der Waals surface area contributed by atoms with E-state index in [4.69, 9.17) is 21.6 Å². The van der Waals surface area contributed by atoms with E-state index in [2.05, 4.69) is 6.07 Å². The number of hydrogen-bond acceptors (Lipinski definition) is 3. The molecule has 0 aliphatic heterocycles. The van der Waals surface area contributed by atoms with E-state index < -0.39 is 0 Å². The number of rotatable bonds is 3. The van der Waals surface area contributed by atoms with Crippen molar-refractivity contribution >= 4 is 11.6 Å². The van der Waals surface area contributed by atoms with Gasteiger partial charge in [-0.05, 0) is 44.3 Å². The van der Waals surface area contributed by atoms with Crippen LogP contribution in [0.4, 0.5) is 0 Å². The zero-order valence-electron chi connectivity index (χ0n) is 9.91. The van der Waals surface area contributed by atoms with Gasteiger partial charge in [0.15, 0.2) is 0 Å². The Morgan fingerprint density at radius 2 is 2.06 bits per heavy atom. The van der Waals surface area contributed by atoms with Crippen LogP contribution >= 0.6 is 11.6 Å². The Labute approximate surface area is 101 Å². The van der Waals surface area contributed by atoms with Crippen LogP contribution in [0.5, 0.6) is 5.75 Å². The second kappa shape index (κ2) is 5.20. The van der Waals surface area contributed by atoms with Crippen molar-refractivity contribution in [1.29, 1.82) is 5.26 Å². The summed E-state index contributed by atoms with van der Waals surface area (Å²) in [6.45, 7) is 1.95. The highest BCUT2D eigenvalue weighted by Gasteiger charge is 2.17. The number of benzene rings is 1. The Morgan fingerprint density at radius 1 is 1.44 bits per heavy atom. The molecule has 0 spiro atoms. The molecular formula is C12H15ClN2O. The molecule has 16 heavy (non-hydrogen) atoms. The molecule has 0 aliphatic carbocycles. The first-order valence-electron chi connectivity index (χ1n) is 4.91. The van der Waals surface area contributed by atoms with E-state index >= 15 is 0 Å². The molecule has 0 amide bonds. The molecule has 0 N–H and O–H groups in total. The maximum atomic E-state index is 9.13. The topological polar surface area (TPSA) is 36.3 Å². The van der Waals surface area contributed by atoms with Crippen LogP contribution in [0.2, 0.25) is 5.02 Å². The monoisotopic (exact) mass is 238 g/mol. The lowest BCUT2D eigenvalue weighted by Gasteiger charge is -2.20. The number of nitrogens with zero attached hydrogens (tertiary/aromatic N) is 2. The van der Waals surface area contributed by atoms with Gasteiger partial charge in [0.2, 0.25) is 0 Å². The van der Waals surface area contributed by atoms with Gasteiger partial charge in [-0.2, -0.15) is 5.26 Å². The van der Waals surface area contributed by atoms with Crippen molar-refractivity contribution in [3.63, 3.8) is 0 Å². The summed E-state index contributed by atoms with van der Waals surface area (Å²) in [5.41, 5.74) is 1.92. The van der Waals surface area contributed by atoms with E-state index in [9.17, 15) is 0 Å². The van der Waals surface area contributed by atoms with Crippen molar-refractivity contribution in [1.82, 2.24) is 4.90 Å². The van der Waals surface area contributed by atoms with E-state index in [0.29, 0.717) is 10.8 Å². The first-order valence-corrected chi connectivity index (χ1v) is 5.29. The molecule has 0 fully saturated rings. The average Bonchev–Trinajstić information content (AvgIpc) is 2.23. The SMILES string of the molecule is COc1cc(C)c(C(C#N)N(C)C)cc1Cl. The quantitative estimate of drug-likeness (QED) is 0.813. The summed E-state index contributed by atoms with van der Waals surface area (Å²) in [6, 6.07) is 5.61. The highest BCUT2D eigenvalue weighted by Crippen LogP contribution is 2.31. The van der Waals surface area contributed by atoms with E-state index in [0.717, 1.165) is 11.1 Å². The molecule has 0 radical (unpaired) electrons. The number of aryl methyl sites for hydroxylation is 1. The molecule has 0 bridgehead atoms. The van der Waals surface area contributed by atoms with Gasteiger partial charge in [0.25, 0.3) is 0 Å². The minimum Gasteiger partial charge on any atom is -0.495 e. The summed E-state index contributed by atoms with van der Waals surface area (Å²) in [5.74, 6) is 0.637. The summed E-state index contributed by atoms with van der Waals surface area (Å²) in [6.07, 6.45) is 0. The van der Waals surface area contributed by atoms with Gasteiger partial charge >= 0.3 is 0 Å². The first-order chi connectivity index (χ1) is 7.51. The van der Waals surface area contributed by atoms with E-state index in [1.807, 2.05) is 32.0 Å². The molecule has 1 rings (SSSR count). The molecule has 4 heteroatoms. The third-order valence-corrected chi connectivity index (χ3v) is 2.77. The van der Waals surface area contributed by atoms with Crippen LogP contribution < -0.4 is 4.74 Å². The summed E-state index contributed by atoms with van der Waals surface area (Å²) in [4.78, 5) is 1.85. The number of halogens is 1. The highest BCUT2D eigenvalue weighted by molar-refractivity contribution is 6.32. The molecule has 1 aromatic carbocycles. The van der Waals surface area contributed by atoms with Crippen LogP contribution in [-0.4, -0.2) is 26.1 Å². The summed E-state index contributed by atoms with van der Waals surface area (Å²) in [5, 5.41) is 9.66. The number of hydrogen-bond donors (Lipinski definition) is 0. The standard InChI is InChI=1S/C12H15ClN2O/c1-8-5-12(16-4)10(13)6-9(8)11(7-14)15(2)3/h5-6,11H,1-4H3. The zero-order valence-corrected chi connectivity index (χ0v) is 10.7. The van der Waals surface area contributed by atoms with Gasteiger partial charge < -0.3 is 4.74 Å². The molecule has 3 nitrogen and oxygen atoms in total. The van der Waals surface area contributed by atoms with Crippen molar-refractivity contribution < 1.29 is 4.74 Å². The van der Waals surface area contributed by atoms with Crippen LogP contribution in [0.1, 0.15) is 17.2 Å². The summed E-state index contributed by atoms with van der Waals surface area (Å²) in [7, 11) is 5.31. The maximum absolute atomic E-state index is 9.13. The van der Waals surface area contributed by atoms with Crippen LogP contribution in [0.3, 0.4) is 0 Å². The lowest BCUT2D eigenvalue weighted by Crippen LogP contribution is -2.19. The Bertz CT molecular complexity index is 424. The fraction of sp³-hybridized carbons (Fsp3) is 0.417. The molecule has 0 heterocycles. The van der Waals surface area contributed by atoms with E-state index in [1.54, 1.807) is 13.2 Å². The van der Waals surface area contributed by atoms with Crippen molar-refractivity contribution in [2.45, 2.75) is 13.0 Å². The van der Waals surface area contributed by atoms with Gasteiger partial charge in [-0.1, -0.05) is 11.6 Å². The first kappa shape index (κ1) is 12.8. The number of methoxy groups -OCH3 is 1. The zero-order chi connectivity index (χ0) is 12.3. The van der Waals surface area contributed by atoms with Gasteiger partial charge in [-0.15, -0.1) is 0 Å². The molecule has 0 aromatic heterocycles. The second-order valence-corrected chi connectivity index (χ2v) is 4.25. The smallest absolute Gasteiger partial charge is 0.137 e. The molecule has 1 aromatic rings. The normalized spacial score (nSPS) is 12.3. The minimum absolute atomic E-state index is 0.289. The van der Waals surface area contributed by atoms with Crippen LogP contribution in [-0.2, 0) is 0 Å². The van der Waals surface area contributed by atoms with Crippen LogP contribution in [0.25, 0.3) is 0 Å². The number of nitriles is 1. The average molecular weight is 239 g/mol. The van der Waals surface area contributed by atoms with Crippen LogP contribution in [0, 0.1) is 18.3 Å². The Morgan fingerprint density at radius 3 is 2.50 bits per heavy atom. The van der Waals surface area contributed by atoms with Crippen molar-refractivity contribution in [3.05, 3.63) is 28.3 Å². The Kier molecular flexibility index (Phi) is 4.17. The maximum Gasteiger partial charge on any atom is 0.137 e. The van der Waals surface area contributed by atoms with Crippen LogP contribution in [0.15, 0.2) is 12.1 Å². The summed E-state index contributed by atoms with van der Waals surface area (Å²) >= 11 is 6.05. The largest absolute Gasteiger partial charge is 0.495 e. The predicted octanol–water partition coefficient (Wildman–Crippen LogP) is 2.78. The molecule has 86 valence electrons. The molecule has 1 atom stereocenters. The molecule has 1 unspecified atom stereocenters. The van der Waals surface area contributed by atoms with E-state index in [1.165, 1.54) is 0 Å². The van der Waals surface area contributed by atoms with Gasteiger partial charge in [-0.25, -0.2) is 0 Å². The fourth-order valence-corrected chi connectivity index (χ4v) is 1.83. The summed E-state index contributed by atoms with van der Waals surface area (Å²) < 4.78 is 5.13. The lowest BCUT2D eigenvalue weighted by molar-refractivity contribution is 0.356. The molecule has 0 saturated heterocycles. The van der Waals surface area contributed by atoms with Crippen molar-refractivity contribution in [2.75, 3.05) is 21.2 Å². The van der Waals surface area contributed by atoms with Gasteiger partial charge in [0, 0.05) is 0 Å².